The Morgan fingerprint density at radius 3 is 2.62 bits per heavy atom. The highest BCUT2D eigenvalue weighted by Gasteiger charge is 2.41. The van der Waals surface area contributed by atoms with E-state index in [4.69, 9.17) is 4.42 Å². The van der Waals surface area contributed by atoms with E-state index in [0.717, 1.165) is 19.8 Å². The normalized spacial score (nSPS) is 21.9. The highest BCUT2D eigenvalue weighted by Crippen LogP contribution is 2.43. The predicted molar refractivity (Wildman–Crippen MR) is 102 cm³/mol. The van der Waals surface area contributed by atoms with Gasteiger partial charge in [-0.25, -0.2) is 4.98 Å². The molecule has 0 amide bonds. The number of Topliss-reactive ketones (excluding diaryl/α,β-unsaturated/α-hetero) is 1. The van der Waals surface area contributed by atoms with E-state index in [-0.39, 0.29) is 29.2 Å². The molecule has 2 bridgehead atoms. The lowest BCUT2D eigenvalue weighted by Crippen LogP contribution is -2.51. The number of piperazine rings is 1. The first kappa shape index (κ1) is 18.6. The third-order valence-electron chi connectivity index (χ3n) is 5.47. The number of fused-ring (bicyclic) bond motifs is 3. The van der Waals surface area contributed by atoms with E-state index in [2.05, 4.69) is 15.3 Å². The van der Waals surface area contributed by atoms with Crippen LogP contribution >= 0.6 is 11.3 Å². The maximum Gasteiger partial charge on any atom is 0.419 e. The second-order valence-corrected chi connectivity index (χ2v) is 8.35. The Hall–Kier alpha value is -2.46. The second kappa shape index (κ2) is 6.53. The summed E-state index contributed by atoms with van der Waals surface area (Å²) in [6.45, 7) is 2.37. The number of aromatic nitrogens is 2. The van der Waals surface area contributed by atoms with Crippen molar-refractivity contribution in [3.8, 4) is 10.6 Å². The number of hydrogen-bond acceptors (Lipinski definition) is 7. The maximum atomic E-state index is 13.9. The smallest absolute Gasteiger partial charge is 0.419 e. The van der Waals surface area contributed by atoms with Gasteiger partial charge in [0.2, 0.25) is 0 Å². The van der Waals surface area contributed by atoms with E-state index in [9.17, 15) is 18.0 Å². The summed E-state index contributed by atoms with van der Waals surface area (Å²) in [5, 5.41) is 5.67. The number of oxazole rings is 1. The molecule has 1 aromatic carbocycles. The van der Waals surface area contributed by atoms with E-state index < -0.39 is 23.1 Å². The fourth-order valence-corrected chi connectivity index (χ4v) is 4.89. The summed E-state index contributed by atoms with van der Waals surface area (Å²) < 4.78 is 47.7. The van der Waals surface area contributed by atoms with Crippen LogP contribution in [0.5, 0.6) is 0 Å². The number of hydrogen-bond donors (Lipinski definition) is 1. The van der Waals surface area contributed by atoms with Crippen LogP contribution in [0.15, 0.2) is 22.1 Å². The van der Waals surface area contributed by atoms with Crippen molar-refractivity contribution in [3.05, 3.63) is 28.8 Å². The first-order chi connectivity index (χ1) is 13.8. The molecule has 2 aromatic heterocycles. The Morgan fingerprint density at radius 2 is 2.03 bits per heavy atom. The Bertz CT molecular complexity index is 1080. The van der Waals surface area contributed by atoms with Crippen LogP contribution in [0.4, 0.5) is 19.2 Å². The number of carbonyl (C=O) groups excluding carboxylic acids is 1. The zero-order valence-corrected chi connectivity index (χ0v) is 16.2. The van der Waals surface area contributed by atoms with Crippen LogP contribution in [0.3, 0.4) is 0 Å². The standard InChI is InChI=1S/C19H17F3N4O2S/c1-9(27)12-6-13(17-23-4-5-29-17)16-15(14(12)19(20,21)22)25-18(28-16)26-7-10-2-3-11(8-26)24-10/h4-6,10-11,24H,2-3,7-8H2,1H3. The lowest BCUT2D eigenvalue weighted by molar-refractivity contribution is -0.136. The molecule has 0 spiro atoms. The molecule has 1 N–H and O–H groups in total. The molecule has 5 rings (SSSR count). The number of alkyl halides is 3. The molecule has 29 heavy (non-hydrogen) atoms. The summed E-state index contributed by atoms with van der Waals surface area (Å²) in [5.74, 6) is -0.679. The molecule has 10 heteroatoms. The zero-order chi connectivity index (χ0) is 20.3. The van der Waals surface area contributed by atoms with Crippen LogP contribution in [0.1, 0.15) is 35.7 Å². The minimum Gasteiger partial charge on any atom is -0.423 e. The Morgan fingerprint density at radius 1 is 1.31 bits per heavy atom. The van der Waals surface area contributed by atoms with Crippen LogP contribution in [0, 0.1) is 0 Å². The molecule has 152 valence electrons. The Balaban J connectivity index is 1.75. The fourth-order valence-electron chi connectivity index (χ4n) is 4.24. The summed E-state index contributed by atoms with van der Waals surface area (Å²) in [4.78, 5) is 22.4. The van der Waals surface area contributed by atoms with Gasteiger partial charge in [-0.1, -0.05) is 0 Å². The van der Waals surface area contributed by atoms with Gasteiger partial charge in [0.1, 0.15) is 10.5 Å². The number of nitrogens with one attached hydrogen (secondary N) is 1. The van der Waals surface area contributed by atoms with Crippen molar-refractivity contribution in [1.82, 2.24) is 15.3 Å². The minimum absolute atomic E-state index is 0.0122. The van der Waals surface area contributed by atoms with E-state index in [0.29, 0.717) is 23.7 Å². The molecule has 0 saturated carbocycles. The monoisotopic (exact) mass is 422 g/mol. The molecule has 2 fully saturated rings. The van der Waals surface area contributed by atoms with Gasteiger partial charge in [0.15, 0.2) is 11.4 Å². The van der Waals surface area contributed by atoms with Crippen molar-refractivity contribution < 1.29 is 22.4 Å². The molecule has 4 heterocycles. The summed E-state index contributed by atoms with van der Waals surface area (Å²) in [6.07, 6.45) is -1.14. The Labute approximate surface area is 167 Å². The van der Waals surface area contributed by atoms with Crippen LogP contribution in [0.25, 0.3) is 21.7 Å². The molecule has 2 aliphatic rings. The number of nitrogens with zero attached hydrogens (tertiary/aromatic N) is 3. The second-order valence-electron chi connectivity index (χ2n) is 7.45. The topological polar surface area (TPSA) is 71.3 Å². The third kappa shape index (κ3) is 3.10. The van der Waals surface area contributed by atoms with Crippen molar-refractivity contribution >= 4 is 34.2 Å². The molecule has 2 unspecified atom stereocenters. The number of carbonyl (C=O) groups is 1. The minimum atomic E-state index is -4.74. The molecule has 2 saturated heterocycles. The highest BCUT2D eigenvalue weighted by molar-refractivity contribution is 7.13. The van der Waals surface area contributed by atoms with Gasteiger partial charge in [-0.05, 0) is 25.8 Å². The van der Waals surface area contributed by atoms with Gasteiger partial charge >= 0.3 is 6.18 Å². The van der Waals surface area contributed by atoms with Crippen molar-refractivity contribution in [1.29, 1.82) is 0 Å². The fraction of sp³-hybridized carbons (Fsp3) is 0.421. The Kier molecular flexibility index (Phi) is 4.18. The number of ketones is 1. The quantitative estimate of drug-likeness (QED) is 0.641. The van der Waals surface area contributed by atoms with Crippen molar-refractivity contribution in [2.45, 2.75) is 38.0 Å². The molecule has 3 aromatic rings. The average molecular weight is 422 g/mol. The van der Waals surface area contributed by atoms with Crippen molar-refractivity contribution in [2.75, 3.05) is 18.0 Å². The lowest BCUT2D eigenvalue weighted by atomic mass is 9.98. The van der Waals surface area contributed by atoms with E-state index >= 15 is 0 Å². The summed E-state index contributed by atoms with van der Waals surface area (Å²) in [7, 11) is 0. The lowest BCUT2D eigenvalue weighted by Gasteiger charge is -2.31. The van der Waals surface area contributed by atoms with Gasteiger partial charge in [0, 0.05) is 42.3 Å². The number of rotatable bonds is 3. The van der Waals surface area contributed by atoms with Crippen LogP contribution in [-0.2, 0) is 6.18 Å². The molecular weight excluding hydrogens is 405 g/mol. The molecule has 0 radical (unpaired) electrons. The molecule has 2 aliphatic heterocycles. The largest absolute Gasteiger partial charge is 0.423 e. The first-order valence-electron chi connectivity index (χ1n) is 9.28. The zero-order valence-electron chi connectivity index (χ0n) is 15.4. The van der Waals surface area contributed by atoms with E-state index in [1.807, 2.05) is 4.90 Å². The van der Waals surface area contributed by atoms with E-state index in [1.165, 1.54) is 17.4 Å². The highest BCUT2D eigenvalue weighted by atomic mass is 32.1. The van der Waals surface area contributed by atoms with Gasteiger partial charge in [-0.2, -0.15) is 18.2 Å². The summed E-state index contributed by atoms with van der Waals surface area (Å²) >= 11 is 1.27. The van der Waals surface area contributed by atoms with Gasteiger partial charge < -0.3 is 14.6 Å². The van der Waals surface area contributed by atoms with Gasteiger partial charge in [0.25, 0.3) is 6.01 Å². The van der Waals surface area contributed by atoms with Gasteiger partial charge in [-0.15, -0.1) is 11.3 Å². The first-order valence-corrected chi connectivity index (χ1v) is 10.2. The van der Waals surface area contributed by atoms with E-state index in [1.54, 1.807) is 11.6 Å². The number of halogens is 3. The van der Waals surface area contributed by atoms with Gasteiger partial charge in [-0.3, -0.25) is 4.79 Å². The molecular formula is C19H17F3N4O2S. The summed E-state index contributed by atoms with van der Waals surface area (Å²) in [5.41, 5.74) is -1.44. The van der Waals surface area contributed by atoms with Crippen LogP contribution in [0.2, 0.25) is 0 Å². The molecule has 0 aliphatic carbocycles. The molecule has 2 atom stereocenters. The number of thiazole rings is 1. The maximum absolute atomic E-state index is 13.9. The van der Waals surface area contributed by atoms with Crippen molar-refractivity contribution in [2.24, 2.45) is 0 Å². The summed E-state index contributed by atoms with van der Waals surface area (Å²) in [6, 6.07) is 1.93. The SMILES string of the molecule is CC(=O)c1cc(-c2nccs2)c2oc(N3CC4CCC(C3)N4)nc2c1C(F)(F)F. The van der Waals surface area contributed by atoms with Crippen LogP contribution < -0.4 is 10.2 Å². The third-order valence-corrected chi connectivity index (χ3v) is 6.27. The number of benzene rings is 1. The van der Waals surface area contributed by atoms with Crippen LogP contribution in [-0.4, -0.2) is 40.9 Å². The molecule has 6 nitrogen and oxygen atoms in total. The van der Waals surface area contributed by atoms with Crippen molar-refractivity contribution in [3.63, 3.8) is 0 Å². The number of anilines is 1. The van der Waals surface area contributed by atoms with Gasteiger partial charge in [0.05, 0.1) is 11.1 Å². The predicted octanol–water partition coefficient (Wildman–Crippen LogP) is 4.11. The average Bonchev–Trinajstić information content (AvgIpc) is 3.39.